The molecule has 0 saturated heterocycles. The van der Waals surface area contributed by atoms with Crippen molar-refractivity contribution >= 4 is 71.4 Å². The summed E-state index contributed by atoms with van der Waals surface area (Å²) >= 11 is 5.27. The number of thioether (sulfide) groups is 4. The van der Waals surface area contributed by atoms with Crippen LogP contribution in [0.1, 0.15) is 0 Å². The molecule has 0 N–H and O–H groups in total. The number of nitrogens with zero attached hydrogens (tertiary/aromatic N) is 4. The lowest BCUT2D eigenvalue weighted by atomic mass is 10.9. The molecule has 0 atom stereocenters. The molecule has 8 nitrogen and oxygen atoms in total. The van der Waals surface area contributed by atoms with E-state index >= 15 is 0 Å². The highest BCUT2D eigenvalue weighted by molar-refractivity contribution is 8.34. The zero-order chi connectivity index (χ0) is 16.5. The molecule has 0 radical (unpaired) electrons. The van der Waals surface area contributed by atoms with E-state index < -0.39 is 3.41 Å². The molecule has 0 heterocycles. The predicted molar refractivity (Wildman–Crippen MR) is 89.9 cm³/mol. The van der Waals surface area contributed by atoms with Gasteiger partial charge in [-0.3, -0.25) is 0 Å². The van der Waals surface area contributed by atoms with E-state index in [0.717, 1.165) is 0 Å². The van der Waals surface area contributed by atoms with Crippen LogP contribution < -0.4 is 0 Å². The largest absolute Gasteiger partial charge is 0.235 e. The van der Waals surface area contributed by atoms with E-state index in [0.29, 0.717) is 5.75 Å². The van der Waals surface area contributed by atoms with Gasteiger partial charge in [0.2, 0.25) is 24.3 Å². The van der Waals surface area contributed by atoms with Crippen LogP contribution in [-0.4, -0.2) is 57.0 Å². The summed E-state index contributed by atoms with van der Waals surface area (Å²) in [5.74, 6) is 1.15. The van der Waals surface area contributed by atoms with Gasteiger partial charge in [0, 0.05) is 5.75 Å². The molecule has 0 fully saturated rings. The van der Waals surface area contributed by atoms with Gasteiger partial charge < -0.3 is 0 Å². The van der Waals surface area contributed by atoms with Crippen LogP contribution in [0.2, 0.25) is 0 Å². The topological polar surface area (TPSA) is 118 Å². The van der Waals surface area contributed by atoms with E-state index in [-0.39, 0.29) is 23.5 Å². The van der Waals surface area contributed by atoms with E-state index in [4.69, 9.17) is 0 Å². The maximum Gasteiger partial charge on any atom is 0.235 e. The molecule has 0 saturated carbocycles. The summed E-state index contributed by atoms with van der Waals surface area (Å²) in [6.07, 6.45) is 5.75. The van der Waals surface area contributed by atoms with Crippen molar-refractivity contribution in [3.63, 3.8) is 0 Å². The fourth-order valence-corrected chi connectivity index (χ4v) is 6.09. The van der Waals surface area contributed by atoms with E-state index in [1.807, 2.05) is 0 Å². The molecule has 0 aromatic carbocycles. The summed E-state index contributed by atoms with van der Waals surface area (Å²) in [6, 6.07) is 0. The Morgan fingerprint density at radius 1 is 0.636 bits per heavy atom. The molecule has 0 amide bonds. The van der Waals surface area contributed by atoms with Gasteiger partial charge in [-0.2, -0.15) is 20.0 Å². The Hall–Kier alpha value is -1.08. The molecular weight excluding hydrogens is 368 g/mol. The number of hydrogen-bond donors (Lipinski definition) is 0. The number of isocyanates is 4. The van der Waals surface area contributed by atoms with Crippen molar-refractivity contribution in [1.29, 1.82) is 0 Å². The molecule has 12 heteroatoms. The normalized spacial score (nSPS) is 11.8. The maximum absolute atomic E-state index is 10.2. The highest BCUT2D eigenvalue weighted by Crippen LogP contribution is 2.49. The Bertz CT molecular complexity index is 466. The zero-order valence-electron chi connectivity index (χ0n) is 11.1. The van der Waals surface area contributed by atoms with Gasteiger partial charge in [-0.25, -0.2) is 19.2 Å². The van der Waals surface area contributed by atoms with Gasteiger partial charge in [-0.15, -0.1) is 47.0 Å². The van der Waals surface area contributed by atoms with E-state index in [1.165, 1.54) is 71.4 Å². The van der Waals surface area contributed by atoms with Gasteiger partial charge in [-0.05, 0) is 0 Å². The van der Waals surface area contributed by atoms with Gasteiger partial charge in [0.25, 0.3) is 0 Å². The highest BCUT2D eigenvalue weighted by Gasteiger charge is 2.32. The van der Waals surface area contributed by atoms with Crippen LogP contribution in [0.25, 0.3) is 0 Å². The minimum Gasteiger partial charge on any atom is -0.211 e. The lowest BCUT2D eigenvalue weighted by Gasteiger charge is -2.29. The smallest absolute Gasteiger partial charge is 0.211 e. The van der Waals surface area contributed by atoms with Crippen molar-refractivity contribution < 1.29 is 19.2 Å². The maximum atomic E-state index is 10.2. The second-order valence-electron chi connectivity index (χ2n) is 2.98. The Morgan fingerprint density at radius 2 is 1.00 bits per heavy atom. The van der Waals surface area contributed by atoms with Crippen LogP contribution in [0, 0.1) is 0 Å². The van der Waals surface area contributed by atoms with Gasteiger partial charge in [-0.1, -0.05) is 0 Å². The minimum atomic E-state index is -0.593. The SMILES string of the molecule is O=C=NCSCC(SCN=C=O)(SCN=C=O)SCN=C=O. The quantitative estimate of drug-likeness (QED) is 0.206. The van der Waals surface area contributed by atoms with Crippen molar-refractivity contribution in [3.8, 4) is 0 Å². The van der Waals surface area contributed by atoms with Crippen molar-refractivity contribution in [1.82, 2.24) is 0 Å². The minimum absolute atomic E-state index is 0.149. The third-order valence-corrected chi connectivity index (χ3v) is 7.89. The first-order valence-electron chi connectivity index (χ1n) is 5.39. The van der Waals surface area contributed by atoms with E-state index in [2.05, 4.69) is 20.0 Å². The molecule has 0 aliphatic rings. The summed E-state index contributed by atoms with van der Waals surface area (Å²) in [5.41, 5.74) is 0. The second-order valence-corrected chi connectivity index (χ2v) is 8.44. The average molecular weight is 378 g/mol. The average Bonchev–Trinajstić information content (AvgIpc) is 2.52. The molecule has 0 aliphatic carbocycles. The summed E-state index contributed by atoms with van der Waals surface area (Å²) in [5, 5.41) is 0. The van der Waals surface area contributed by atoms with Crippen LogP contribution >= 0.6 is 47.0 Å². The molecule has 22 heavy (non-hydrogen) atoms. The number of aliphatic imine (C=N–C) groups is 4. The van der Waals surface area contributed by atoms with Gasteiger partial charge in [0.05, 0.1) is 23.5 Å². The zero-order valence-corrected chi connectivity index (χ0v) is 14.4. The van der Waals surface area contributed by atoms with Crippen molar-refractivity contribution in [3.05, 3.63) is 0 Å². The van der Waals surface area contributed by atoms with Crippen LogP contribution in [0.4, 0.5) is 0 Å². The first kappa shape index (κ1) is 20.9. The number of carbonyl (C=O) groups excluding carboxylic acids is 4. The highest BCUT2D eigenvalue weighted by atomic mass is 32.3. The first-order chi connectivity index (χ1) is 10.7. The van der Waals surface area contributed by atoms with Gasteiger partial charge >= 0.3 is 0 Å². The lowest BCUT2D eigenvalue weighted by Crippen LogP contribution is -2.21. The summed E-state index contributed by atoms with van der Waals surface area (Å²) in [7, 11) is 0. The van der Waals surface area contributed by atoms with E-state index in [9.17, 15) is 19.2 Å². The third kappa shape index (κ3) is 10.6. The predicted octanol–water partition coefficient (Wildman–Crippen LogP) is 1.75. The van der Waals surface area contributed by atoms with E-state index in [1.54, 1.807) is 0 Å². The summed E-state index contributed by atoms with van der Waals surface area (Å²) < 4.78 is -0.593. The van der Waals surface area contributed by atoms with Crippen LogP contribution in [0.15, 0.2) is 20.0 Å². The molecular formula is C10H10N4O4S4. The molecule has 0 aliphatic heterocycles. The van der Waals surface area contributed by atoms with Gasteiger partial charge in [0.15, 0.2) is 0 Å². The Kier molecular flexibility index (Phi) is 14.1. The molecule has 0 aromatic heterocycles. The number of hydrogen-bond acceptors (Lipinski definition) is 12. The Balaban J connectivity index is 4.96. The number of rotatable bonds is 13. The lowest BCUT2D eigenvalue weighted by molar-refractivity contribution is 0.563. The standard InChI is InChI=1S/C10H10N4O4S4/c15-2-11-6-19-1-10(20-7-12-3-16,21-8-13-4-17)22-9-14-5-18/h1,6-9H2. The van der Waals surface area contributed by atoms with Crippen LogP contribution in [-0.2, 0) is 19.2 Å². The van der Waals surface area contributed by atoms with Crippen molar-refractivity contribution in [2.75, 3.05) is 29.3 Å². The Labute approximate surface area is 143 Å². The first-order valence-corrected chi connectivity index (χ1v) is 9.50. The molecule has 0 rings (SSSR count). The van der Waals surface area contributed by atoms with Crippen molar-refractivity contribution in [2.24, 2.45) is 20.0 Å². The van der Waals surface area contributed by atoms with Crippen molar-refractivity contribution in [2.45, 2.75) is 3.41 Å². The van der Waals surface area contributed by atoms with Gasteiger partial charge in [0.1, 0.15) is 3.41 Å². The molecule has 0 unspecified atom stereocenters. The monoisotopic (exact) mass is 378 g/mol. The fourth-order valence-electron chi connectivity index (χ4n) is 0.964. The van der Waals surface area contributed by atoms with Crippen LogP contribution in [0.3, 0.4) is 0 Å². The molecule has 0 bridgehead atoms. The summed E-state index contributed by atoms with van der Waals surface area (Å²) in [6.45, 7) is 0. The van der Waals surface area contributed by atoms with Crippen LogP contribution in [0.5, 0.6) is 0 Å². The summed E-state index contributed by atoms with van der Waals surface area (Å²) in [4.78, 5) is 54.5. The fraction of sp³-hybridized carbons (Fsp3) is 0.600. The molecule has 0 spiro atoms. The Morgan fingerprint density at radius 3 is 1.36 bits per heavy atom. The second kappa shape index (κ2) is 14.8. The molecule has 0 aromatic rings. The molecule has 118 valence electrons. The third-order valence-electron chi connectivity index (χ3n) is 1.74.